The van der Waals surface area contributed by atoms with Gasteiger partial charge in [-0.25, -0.2) is 4.79 Å². The molecule has 1 heterocycles. The lowest BCUT2D eigenvalue weighted by Crippen LogP contribution is -2.03. The van der Waals surface area contributed by atoms with E-state index in [2.05, 4.69) is 4.98 Å². The first-order chi connectivity index (χ1) is 6.50. The maximum absolute atomic E-state index is 11.1. The molecule has 0 unspecified atom stereocenters. The minimum atomic E-state index is -1.14. The topological polar surface area (TPSA) is 70.2 Å². The molecule has 0 aliphatic rings. The molecule has 0 aliphatic heterocycles. The van der Waals surface area contributed by atoms with Gasteiger partial charge in [-0.1, -0.05) is 23.2 Å². The Kier molecular flexibility index (Phi) is 3.33. The first-order valence-electron chi connectivity index (χ1n) is 3.50. The second kappa shape index (κ2) is 4.30. The molecule has 0 aromatic carbocycles. The highest BCUT2D eigenvalue weighted by Crippen LogP contribution is 2.13. The number of hydrogen-bond acceptors (Lipinski definition) is 2. The van der Waals surface area contributed by atoms with Crippen molar-refractivity contribution in [1.29, 1.82) is 0 Å². The third kappa shape index (κ3) is 2.61. The van der Waals surface area contributed by atoms with E-state index in [1.165, 1.54) is 0 Å². The van der Waals surface area contributed by atoms with Crippen LogP contribution in [-0.2, 0) is 4.79 Å². The molecule has 6 heteroatoms. The Balaban J connectivity index is 3.21. The SMILES string of the molecule is O=C(O)C=Cc1[nH]c(Cl)cc(=O)c1Cl. The van der Waals surface area contributed by atoms with Gasteiger partial charge < -0.3 is 10.1 Å². The minimum Gasteiger partial charge on any atom is -0.478 e. The quantitative estimate of drug-likeness (QED) is 0.605. The van der Waals surface area contributed by atoms with Gasteiger partial charge in [0.15, 0.2) is 0 Å². The molecule has 0 amide bonds. The Morgan fingerprint density at radius 1 is 1.50 bits per heavy atom. The zero-order chi connectivity index (χ0) is 10.7. The van der Waals surface area contributed by atoms with Crippen molar-refractivity contribution in [2.75, 3.05) is 0 Å². The van der Waals surface area contributed by atoms with Crippen molar-refractivity contribution in [2.45, 2.75) is 0 Å². The van der Waals surface area contributed by atoms with E-state index in [4.69, 9.17) is 28.3 Å². The van der Waals surface area contributed by atoms with Gasteiger partial charge in [-0.2, -0.15) is 0 Å². The van der Waals surface area contributed by atoms with Crippen LogP contribution < -0.4 is 5.43 Å². The van der Waals surface area contributed by atoms with E-state index in [0.717, 1.165) is 18.2 Å². The number of aromatic nitrogens is 1. The molecule has 1 rings (SSSR count). The zero-order valence-corrected chi connectivity index (χ0v) is 8.26. The van der Waals surface area contributed by atoms with Crippen molar-refractivity contribution < 1.29 is 9.90 Å². The van der Waals surface area contributed by atoms with Crippen molar-refractivity contribution in [3.8, 4) is 0 Å². The van der Waals surface area contributed by atoms with E-state index >= 15 is 0 Å². The van der Waals surface area contributed by atoms with Gasteiger partial charge in [-0.15, -0.1) is 0 Å². The Morgan fingerprint density at radius 2 is 2.14 bits per heavy atom. The van der Waals surface area contributed by atoms with Gasteiger partial charge in [0.05, 0.1) is 5.69 Å². The summed E-state index contributed by atoms with van der Waals surface area (Å²) >= 11 is 11.1. The monoisotopic (exact) mass is 233 g/mol. The number of pyridine rings is 1. The van der Waals surface area contributed by atoms with E-state index in [1.807, 2.05) is 0 Å². The summed E-state index contributed by atoms with van der Waals surface area (Å²) in [6.45, 7) is 0. The Labute approximate surface area is 88.8 Å². The van der Waals surface area contributed by atoms with Gasteiger partial charge >= 0.3 is 5.97 Å². The second-order valence-electron chi connectivity index (χ2n) is 2.38. The molecular weight excluding hydrogens is 229 g/mol. The van der Waals surface area contributed by atoms with Gasteiger partial charge in [0.2, 0.25) is 5.43 Å². The van der Waals surface area contributed by atoms with Crippen LogP contribution in [-0.4, -0.2) is 16.1 Å². The van der Waals surface area contributed by atoms with Crippen LogP contribution in [0.1, 0.15) is 5.69 Å². The summed E-state index contributed by atoms with van der Waals surface area (Å²) in [7, 11) is 0. The second-order valence-corrected chi connectivity index (χ2v) is 3.17. The van der Waals surface area contributed by atoms with Crippen LogP contribution in [0.25, 0.3) is 6.08 Å². The van der Waals surface area contributed by atoms with E-state index < -0.39 is 11.4 Å². The standard InChI is InChI=1S/C8H5Cl2NO3/c9-6-3-5(12)8(10)4(11-6)1-2-7(13)14/h1-3H,(H,11,12)(H,13,14). The van der Waals surface area contributed by atoms with Gasteiger partial charge in [0.1, 0.15) is 10.2 Å². The highest BCUT2D eigenvalue weighted by Gasteiger charge is 2.03. The smallest absolute Gasteiger partial charge is 0.328 e. The number of aliphatic carboxylic acids is 1. The van der Waals surface area contributed by atoms with Gasteiger partial charge in [0, 0.05) is 12.1 Å². The van der Waals surface area contributed by atoms with Crippen LogP contribution in [0.2, 0.25) is 10.2 Å². The Bertz CT molecular complexity index is 450. The van der Waals surface area contributed by atoms with Crippen molar-refractivity contribution in [3.05, 3.63) is 38.2 Å². The van der Waals surface area contributed by atoms with Crippen LogP contribution in [0.15, 0.2) is 16.9 Å². The average Bonchev–Trinajstić information content (AvgIpc) is 2.08. The van der Waals surface area contributed by atoms with Crippen molar-refractivity contribution >= 4 is 35.2 Å². The van der Waals surface area contributed by atoms with Crippen LogP contribution in [0, 0.1) is 0 Å². The predicted octanol–water partition coefficient (Wildman–Crippen LogP) is 1.78. The summed E-state index contributed by atoms with van der Waals surface area (Å²) in [6, 6.07) is 1.11. The fraction of sp³-hybridized carbons (Fsp3) is 0. The van der Waals surface area contributed by atoms with Crippen LogP contribution in [0.3, 0.4) is 0 Å². The third-order valence-corrected chi connectivity index (χ3v) is 1.95. The molecular formula is C8H5Cl2NO3. The molecule has 0 saturated carbocycles. The van der Waals surface area contributed by atoms with Gasteiger partial charge in [0.25, 0.3) is 0 Å². The van der Waals surface area contributed by atoms with E-state index in [1.54, 1.807) is 0 Å². The Hall–Kier alpha value is -1.26. The molecule has 14 heavy (non-hydrogen) atoms. The van der Waals surface area contributed by atoms with Crippen LogP contribution in [0.5, 0.6) is 0 Å². The number of H-pyrrole nitrogens is 1. The van der Waals surface area contributed by atoms with Crippen molar-refractivity contribution in [3.63, 3.8) is 0 Å². The number of aromatic amines is 1. The summed E-state index contributed by atoms with van der Waals surface area (Å²) in [6.07, 6.45) is 2.02. The lowest BCUT2D eigenvalue weighted by Gasteiger charge is -1.98. The molecule has 1 aromatic heterocycles. The number of carboxylic acid groups (broad SMARTS) is 1. The van der Waals surface area contributed by atoms with Crippen LogP contribution in [0.4, 0.5) is 0 Å². The number of nitrogens with one attached hydrogen (secondary N) is 1. The average molecular weight is 234 g/mol. The summed E-state index contributed by atoms with van der Waals surface area (Å²) in [5.74, 6) is -1.14. The molecule has 0 fully saturated rings. The molecule has 4 nitrogen and oxygen atoms in total. The minimum absolute atomic E-state index is 0.0908. The van der Waals surface area contributed by atoms with Crippen molar-refractivity contribution in [1.82, 2.24) is 4.98 Å². The number of carbonyl (C=O) groups is 1. The molecule has 0 aliphatic carbocycles. The number of rotatable bonds is 2. The van der Waals surface area contributed by atoms with Gasteiger partial charge in [-0.05, 0) is 6.08 Å². The highest BCUT2D eigenvalue weighted by atomic mass is 35.5. The normalized spacial score (nSPS) is 10.7. The molecule has 0 spiro atoms. The number of halogens is 2. The fourth-order valence-corrected chi connectivity index (χ4v) is 1.17. The summed E-state index contributed by atoms with van der Waals surface area (Å²) in [5, 5.41) is 8.36. The first-order valence-corrected chi connectivity index (χ1v) is 4.25. The summed E-state index contributed by atoms with van der Waals surface area (Å²) < 4.78 is 0. The van der Waals surface area contributed by atoms with E-state index in [-0.39, 0.29) is 15.9 Å². The molecule has 0 atom stereocenters. The maximum atomic E-state index is 11.1. The predicted molar refractivity (Wildman–Crippen MR) is 53.8 cm³/mol. The molecule has 0 saturated heterocycles. The lowest BCUT2D eigenvalue weighted by atomic mass is 10.3. The molecule has 74 valence electrons. The first kappa shape index (κ1) is 10.8. The number of carboxylic acids is 1. The third-order valence-electron chi connectivity index (χ3n) is 1.36. The van der Waals surface area contributed by atoms with Crippen molar-refractivity contribution in [2.24, 2.45) is 0 Å². The number of hydrogen-bond donors (Lipinski definition) is 2. The van der Waals surface area contributed by atoms with E-state index in [0.29, 0.717) is 0 Å². The maximum Gasteiger partial charge on any atom is 0.328 e. The molecule has 0 bridgehead atoms. The summed E-state index contributed by atoms with van der Waals surface area (Å²) in [5.41, 5.74) is -0.285. The van der Waals surface area contributed by atoms with Gasteiger partial charge in [-0.3, -0.25) is 4.79 Å². The highest BCUT2D eigenvalue weighted by molar-refractivity contribution is 6.33. The largest absolute Gasteiger partial charge is 0.478 e. The Morgan fingerprint density at radius 3 is 2.71 bits per heavy atom. The molecule has 0 radical (unpaired) electrons. The lowest BCUT2D eigenvalue weighted by molar-refractivity contribution is -0.131. The fourth-order valence-electron chi connectivity index (χ4n) is 0.800. The van der Waals surface area contributed by atoms with Crippen LogP contribution >= 0.6 is 23.2 Å². The summed E-state index contributed by atoms with van der Waals surface area (Å²) in [4.78, 5) is 23.8. The van der Waals surface area contributed by atoms with E-state index in [9.17, 15) is 9.59 Å². The molecule has 1 aromatic rings. The molecule has 2 N–H and O–H groups in total. The zero-order valence-electron chi connectivity index (χ0n) is 6.75.